The summed E-state index contributed by atoms with van der Waals surface area (Å²) in [5, 5.41) is 2.30. The Morgan fingerprint density at radius 2 is 1.85 bits per heavy atom. The molecule has 0 spiro atoms. The van der Waals surface area contributed by atoms with Crippen LogP contribution in [-0.4, -0.2) is 18.1 Å². The molecule has 0 radical (unpaired) electrons. The van der Waals surface area contributed by atoms with Crippen LogP contribution < -0.4 is 10.6 Å². The molecule has 1 fully saturated rings. The maximum absolute atomic E-state index is 6.10. The van der Waals surface area contributed by atoms with Crippen molar-refractivity contribution in [3.63, 3.8) is 0 Å². The average molecular weight is 269 g/mol. The Morgan fingerprint density at radius 3 is 2.55 bits per heavy atom. The maximum Gasteiger partial charge on any atom is 0.0448 e. The molecule has 3 nitrogen and oxygen atoms in total. The van der Waals surface area contributed by atoms with E-state index >= 15 is 0 Å². The van der Waals surface area contributed by atoms with Crippen LogP contribution in [0.1, 0.15) is 26.0 Å². The molecule has 0 bridgehead atoms. The highest BCUT2D eigenvalue weighted by Crippen LogP contribution is 2.34. The van der Waals surface area contributed by atoms with Gasteiger partial charge in [-0.3, -0.25) is 4.98 Å². The van der Waals surface area contributed by atoms with Crippen LogP contribution in [0.2, 0.25) is 0 Å². The molecule has 20 heavy (non-hydrogen) atoms. The SMILES string of the molecule is Cc1cc2c(N3CC(C)CC(C)C3)ccc(N)c2cn1. The Labute approximate surface area is 120 Å². The van der Waals surface area contributed by atoms with Crippen LogP contribution in [0, 0.1) is 18.8 Å². The molecule has 2 N–H and O–H groups in total. The van der Waals surface area contributed by atoms with Crippen LogP contribution >= 0.6 is 0 Å². The second-order valence-electron chi connectivity index (χ2n) is 6.40. The highest BCUT2D eigenvalue weighted by molar-refractivity contribution is 6.01. The standard InChI is InChI=1S/C17H23N3/c1-11-6-12(2)10-20(9-11)17-5-4-16(18)15-8-19-13(3)7-14(15)17/h4-5,7-8,11-12H,6,9-10,18H2,1-3H3. The first-order valence-electron chi connectivity index (χ1n) is 7.44. The molecular formula is C17H23N3. The second-order valence-corrected chi connectivity index (χ2v) is 6.40. The van der Waals surface area contributed by atoms with E-state index in [-0.39, 0.29) is 0 Å². The lowest BCUT2D eigenvalue weighted by molar-refractivity contribution is 0.357. The monoisotopic (exact) mass is 269 g/mol. The summed E-state index contributed by atoms with van der Waals surface area (Å²) in [6.45, 7) is 8.98. The van der Waals surface area contributed by atoms with Gasteiger partial charge in [0.05, 0.1) is 0 Å². The highest BCUT2D eigenvalue weighted by atomic mass is 15.1. The number of fused-ring (bicyclic) bond motifs is 1. The number of pyridine rings is 1. The molecule has 2 heterocycles. The molecule has 1 saturated heterocycles. The number of hydrogen-bond donors (Lipinski definition) is 1. The number of nitrogen functional groups attached to an aromatic ring is 1. The topological polar surface area (TPSA) is 42.1 Å². The van der Waals surface area contributed by atoms with Crippen molar-refractivity contribution in [1.29, 1.82) is 0 Å². The molecule has 3 heteroatoms. The number of aryl methyl sites for hydroxylation is 1. The third-order valence-corrected chi connectivity index (χ3v) is 4.26. The molecule has 0 amide bonds. The quantitative estimate of drug-likeness (QED) is 0.804. The van der Waals surface area contributed by atoms with Crippen molar-refractivity contribution in [1.82, 2.24) is 4.98 Å². The first-order chi connectivity index (χ1) is 9.54. The minimum Gasteiger partial charge on any atom is -0.398 e. The summed E-state index contributed by atoms with van der Waals surface area (Å²) in [7, 11) is 0. The van der Waals surface area contributed by atoms with Gasteiger partial charge in [-0.15, -0.1) is 0 Å². The molecular weight excluding hydrogens is 246 g/mol. The van der Waals surface area contributed by atoms with Gasteiger partial charge in [0.15, 0.2) is 0 Å². The van der Waals surface area contributed by atoms with Gasteiger partial charge in [0.2, 0.25) is 0 Å². The van der Waals surface area contributed by atoms with Gasteiger partial charge in [0, 0.05) is 47.1 Å². The lowest BCUT2D eigenvalue weighted by Gasteiger charge is -2.37. The largest absolute Gasteiger partial charge is 0.398 e. The molecule has 1 aliphatic heterocycles. The minimum absolute atomic E-state index is 0.745. The number of rotatable bonds is 1. The number of nitrogens with two attached hydrogens (primary N) is 1. The number of anilines is 2. The fourth-order valence-electron chi connectivity index (χ4n) is 3.49. The van der Waals surface area contributed by atoms with Crippen molar-refractivity contribution in [3.8, 4) is 0 Å². The number of piperidine rings is 1. The normalized spacial score (nSPS) is 23.2. The van der Waals surface area contributed by atoms with Crippen molar-refractivity contribution in [2.45, 2.75) is 27.2 Å². The van der Waals surface area contributed by atoms with Gasteiger partial charge in [0.1, 0.15) is 0 Å². The van der Waals surface area contributed by atoms with E-state index in [1.807, 2.05) is 19.2 Å². The zero-order valence-electron chi connectivity index (χ0n) is 12.6. The summed E-state index contributed by atoms with van der Waals surface area (Å²) in [5.74, 6) is 1.49. The summed E-state index contributed by atoms with van der Waals surface area (Å²) >= 11 is 0. The van der Waals surface area contributed by atoms with E-state index in [0.29, 0.717) is 0 Å². The Morgan fingerprint density at radius 1 is 1.15 bits per heavy atom. The van der Waals surface area contributed by atoms with E-state index in [4.69, 9.17) is 5.73 Å². The van der Waals surface area contributed by atoms with Gasteiger partial charge in [0.25, 0.3) is 0 Å². The predicted molar refractivity (Wildman–Crippen MR) is 86.1 cm³/mol. The second kappa shape index (κ2) is 4.97. The minimum atomic E-state index is 0.745. The fourth-order valence-corrected chi connectivity index (χ4v) is 3.49. The van der Waals surface area contributed by atoms with E-state index < -0.39 is 0 Å². The fraction of sp³-hybridized carbons (Fsp3) is 0.471. The van der Waals surface area contributed by atoms with Gasteiger partial charge in [-0.25, -0.2) is 0 Å². The van der Waals surface area contributed by atoms with Crippen LogP contribution in [0.4, 0.5) is 11.4 Å². The van der Waals surface area contributed by atoms with E-state index in [2.05, 4.69) is 35.9 Å². The van der Waals surface area contributed by atoms with Crippen LogP contribution in [-0.2, 0) is 0 Å². The third kappa shape index (κ3) is 2.33. The predicted octanol–water partition coefficient (Wildman–Crippen LogP) is 3.61. The van der Waals surface area contributed by atoms with E-state index in [9.17, 15) is 0 Å². The third-order valence-electron chi connectivity index (χ3n) is 4.26. The molecule has 3 rings (SSSR count). The van der Waals surface area contributed by atoms with Crippen molar-refractivity contribution >= 4 is 22.1 Å². The first-order valence-corrected chi connectivity index (χ1v) is 7.44. The molecule has 2 unspecified atom stereocenters. The average Bonchev–Trinajstić information content (AvgIpc) is 2.37. The van der Waals surface area contributed by atoms with E-state index in [1.165, 1.54) is 17.5 Å². The maximum atomic E-state index is 6.10. The van der Waals surface area contributed by atoms with Crippen LogP contribution in [0.5, 0.6) is 0 Å². The Balaban J connectivity index is 2.11. The number of nitrogens with zero attached hydrogens (tertiary/aromatic N) is 2. The zero-order valence-corrected chi connectivity index (χ0v) is 12.6. The Hall–Kier alpha value is -1.77. The molecule has 0 saturated carbocycles. The molecule has 0 aliphatic carbocycles. The molecule has 1 aromatic carbocycles. The molecule has 2 aromatic rings. The Kier molecular flexibility index (Phi) is 3.28. The zero-order chi connectivity index (χ0) is 14.3. The van der Waals surface area contributed by atoms with Crippen molar-refractivity contribution in [3.05, 3.63) is 30.1 Å². The molecule has 1 aliphatic rings. The van der Waals surface area contributed by atoms with Gasteiger partial charge in [-0.05, 0) is 43.4 Å². The number of benzene rings is 1. The molecule has 1 aromatic heterocycles. The smallest absolute Gasteiger partial charge is 0.0448 e. The summed E-state index contributed by atoms with van der Waals surface area (Å²) in [6, 6.07) is 6.34. The highest BCUT2D eigenvalue weighted by Gasteiger charge is 2.23. The van der Waals surface area contributed by atoms with Gasteiger partial charge in [-0.1, -0.05) is 13.8 Å². The summed E-state index contributed by atoms with van der Waals surface area (Å²) in [4.78, 5) is 6.90. The lowest BCUT2D eigenvalue weighted by Crippen LogP contribution is -2.38. The summed E-state index contributed by atoms with van der Waals surface area (Å²) in [5.41, 5.74) is 9.26. The lowest BCUT2D eigenvalue weighted by atomic mass is 9.91. The van der Waals surface area contributed by atoms with Crippen molar-refractivity contribution < 1.29 is 0 Å². The van der Waals surface area contributed by atoms with Gasteiger partial charge in [-0.2, -0.15) is 0 Å². The first kappa shape index (κ1) is 13.2. The summed E-state index contributed by atoms with van der Waals surface area (Å²) < 4.78 is 0. The van der Waals surface area contributed by atoms with Crippen LogP contribution in [0.15, 0.2) is 24.4 Å². The van der Waals surface area contributed by atoms with Gasteiger partial charge >= 0.3 is 0 Å². The van der Waals surface area contributed by atoms with Gasteiger partial charge < -0.3 is 10.6 Å². The molecule has 106 valence electrons. The van der Waals surface area contributed by atoms with Crippen molar-refractivity contribution in [2.75, 3.05) is 23.7 Å². The van der Waals surface area contributed by atoms with Crippen LogP contribution in [0.3, 0.4) is 0 Å². The van der Waals surface area contributed by atoms with Crippen LogP contribution in [0.25, 0.3) is 10.8 Å². The van der Waals surface area contributed by atoms with Crippen molar-refractivity contribution in [2.24, 2.45) is 11.8 Å². The number of hydrogen-bond acceptors (Lipinski definition) is 3. The molecule has 2 atom stereocenters. The number of aromatic nitrogens is 1. The van der Waals surface area contributed by atoms with E-state index in [0.717, 1.165) is 41.7 Å². The van der Waals surface area contributed by atoms with E-state index in [1.54, 1.807) is 0 Å². The Bertz CT molecular complexity index is 625. The summed E-state index contributed by atoms with van der Waals surface area (Å²) in [6.07, 6.45) is 3.23.